The van der Waals surface area contributed by atoms with E-state index in [-0.39, 0.29) is 18.2 Å². The molecule has 2 amide bonds. The van der Waals surface area contributed by atoms with Crippen LogP contribution in [-0.4, -0.2) is 22.8 Å². The molecular weight excluding hydrogens is 300 g/mol. The number of aryl methyl sites for hydroxylation is 2. The van der Waals surface area contributed by atoms with Crippen LogP contribution in [0, 0.1) is 13.8 Å². The van der Waals surface area contributed by atoms with Crippen molar-refractivity contribution >= 4 is 11.8 Å². The van der Waals surface area contributed by atoms with Gasteiger partial charge in [-0.15, -0.1) is 0 Å². The first kappa shape index (κ1) is 16.4. The first-order chi connectivity index (χ1) is 11.5. The van der Waals surface area contributed by atoms with Gasteiger partial charge in [-0.25, -0.2) is 0 Å². The number of benzene rings is 2. The molecule has 124 valence electrons. The van der Waals surface area contributed by atoms with Crippen LogP contribution in [0.4, 0.5) is 0 Å². The van der Waals surface area contributed by atoms with Crippen molar-refractivity contribution in [2.75, 3.05) is 0 Å². The Balaban J connectivity index is 1.61. The van der Waals surface area contributed by atoms with Gasteiger partial charge in [-0.2, -0.15) is 0 Å². The SMILES string of the molecule is Cc1ccc(CN[C@@H]2CC(=O)N(Cc3ccc(C)cc3)C2=O)cc1. The number of nitrogens with zero attached hydrogens (tertiary/aromatic N) is 1. The van der Waals surface area contributed by atoms with Crippen molar-refractivity contribution in [1.82, 2.24) is 10.2 Å². The van der Waals surface area contributed by atoms with E-state index in [4.69, 9.17) is 0 Å². The molecule has 3 rings (SSSR count). The number of likely N-dealkylation sites (tertiary alicyclic amines) is 1. The van der Waals surface area contributed by atoms with Gasteiger partial charge in [0.1, 0.15) is 0 Å². The molecule has 0 radical (unpaired) electrons. The van der Waals surface area contributed by atoms with E-state index >= 15 is 0 Å². The van der Waals surface area contributed by atoms with Gasteiger partial charge in [-0.05, 0) is 25.0 Å². The maximum atomic E-state index is 12.5. The number of carbonyl (C=O) groups is 2. The van der Waals surface area contributed by atoms with Gasteiger partial charge in [0.25, 0.3) is 0 Å². The number of hydrogen-bond donors (Lipinski definition) is 1. The van der Waals surface area contributed by atoms with Crippen LogP contribution in [0.25, 0.3) is 0 Å². The van der Waals surface area contributed by atoms with E-state index in [9.17, 15) is 9.59 Å². The minimum Gasteiger partial charge on any atom is -0.301 e. The molecule has 0 bridgehead atoms. The fraction of sp³-hybridized carbons (Fsp3) is 0.300. The summed E-state index contributed by atoms with van der Waals surface area (Å²) in [4.78, 5) is 26.1. The van der Waals surface area contributed by atoms with E-state index in [1.54, 1.807) is 0 Å². The van der Waals surface area contributed by atoms with Crippen LogP contribution in [0.15, 0.2) is 48.5 Å². The Kier molecular flexibility index (Phi) is 4.76. The average Bonchev–Trinajstić information content (AvgIpc) is 2.84. The minimum absolute atomic E-state index is 0.109. The number of rotatable bonds is 5. The molecule has 0 unspecified atom stereocenters. The van der Waals surface area contributed by atoms with Crippen molar-refractivity contribution < 1.29 is 9.59 Å². The fourth-order valence-electron chi connectivity index (χ4n) is 2.83. The van der Waals surface area contributed by atoms with E-state index in [1.807, 2.05) is 62.4 Å². The maximum Gasteiger partial charge on any atom is 0.247 e. The molecule has 2 aromatic carbocycles. The average molecular weight is 322 g/mol. The highest BCUT2D eigenvalue weighted by Gasteiger charge is 2.37. The highest BCUT2D eigenvalue weighted by atomic mass is 16.2. The third-order valence-corrected chi connectivity index (χ3v) is 4.38. The van der Waals surface area contributed by atoms with Crippen LogP contribution < -0.4 is 5.32 Å². The summed E-state index contributed by atoms with van der Waals surface area (Å²) in [6.07, 6.45) is 0.233. The lowest BCUT2D eigenvalue weighted by atomic mass is 10.1. The normalized spacial score (nSPS) is 17.6. The van der Waals surface area contributed by atoms with Crippen molar-refractivity contribution in [2.45, 2.75) is 39.4 Å². The third kappa shape index (κ3) is 3.71. The lowest BCUT2D eigenvalue weighted by molar-refractivity contribution is -0.139. The fourth-order valence-corrected chi connectivity index (χ4v) is 2.83. The summed E-state index contributed by atoms with van der Waals surface area (Å²) in [6, 6.07) is 15.6. The minimum atomic E-state index is -0.427. The third-order valence-electron chi connectivity index (χ3n) is 4.38. The summed E-state index contributed by atoms with van der Waals surface area (Å²) in [6.45, 7) is 4.99. The van der Waals surface area contributed by atoms with Crippen molar-refractivity contribution in [3.63, 3.8) is 0 Å². The van der Waals surface area contributed by atoms with Crippen molar-refractivity contribution in [3.05, 3.63) is 70.8 Å². The summed E-state index contributed by atoms with van der Waals surface area (Å²) in [5.74, 6) is -0.241. The molecule has 1 heterocycles. The Labute approximate surface area is 142 Å². The molecule has 4 nitrogen and oxygen atoms in total. The van der Waals surface area contributed by atoms with Crippen LogP contribution in [0.3, 0.4) is 0 Å². The molecule has 24 heavy (non-hydrogen) atoms. The molecule has 0 aromatic heterocycles. The number of nitrogens with one attached hydrogen (secondary N) is 1. The van der Waals surface area contributed by atoms with Crippen LogP contribution in [0.1, 0.15) is 28.7 Å². The zero-order chi connectivity index (χ0) is 17.1. The molecule has 1 aliphatic heterocycles. The second-order valence-electron chi connectivity index (χ2n) is 6.43. The molecule has 1 fully saturated rings. The lowest BCUT2D eigenvalue weighted by Gasteiger charge is -2.16. The number of amides is 2. The van der Waals surface area contributed by atoms with E-state index in [0.717, 1.165) is 16.7 Å². The quantitative estimate of drug-likeness (QED) is 0.861. The predicted molar refractivity (Wildman–Crippen MR) is 93.2 cm³/mol. The van der Waals surface area contributed by atoms with E-state index in [2.05, 4.69) is 5.32 Å². The second-order valence-corrected chi connectivity index (χ2v) is 6.43. The highest BCUT2D eigenvalue weighted by Crippen LogP contribution is 2.17. The Morgan fingerprint density at radius 1 is 0.917 bits per heavy atom. The Morgan fingerprint density at radius 3 is 2.04 bits per heavy atom. The van der Waals surface area contributed by atoms with Crippen LogP contribution in [-0.2, 0) is 22.7 Å². The Hall–Kier alpha value is -2.46. The van der Waals surface area contributed by atoms with Gasteiger partial charge in [-0.3, -0.25) is 14.5 Å². The smallest absolute Gasteiger partial charge is 0.247 e. The van der Waals surface area contributed by atoms with Crippen LogP contribution >= 0.6 is 0 Å². The molecule has 0 aliphatic carbocycles. The zero-order valence-electron chi connectivity index (χ0n) is 14.1. The van der Waals surface area contributed by atoms with Crippen LogP contribution in [0.2, 0.25) is 0 Å². The molecule has 0 spiro atoms. The largest absolute Gasteiger partial charge is 0.301 e. The molecule has 0 saturated carbocycles. The van der Waals surface area contributed by atoms with Gasteiger partial charge in [-0.1, -0.05) is 59.7 Å². The summed E-state index contributed by atoms with van der Waals surface area (Å²) in [5, 5.41) is 3.21. The first-order valence-corrected chi connectivity index (χ1v) is 8.21. The standard InChI is InChI=1S/C20H22N2O2/c1-14-3-7-16(8-4-14)12-21-18-11-19(23)22(20(18)24)13-17-9-5-15(2)6-10-17/h3-10,18,21H,11-13H2,1-2H3/t18-/m1/s1. The Morgan fingerprint density at radius 2 is 1.46 bits per heavy atom. The van der Waals surface area contributed by atoms with Gasteiger partial charge in [0, 0.05) is 6.54 Å². The highest BCUT2D eigenvalue weighted by molar-refractivity contribution is 6.05. The van der Waals surface area contributed by atoms with Gasteiger partial charge in [0.05, 0.1) is 19.0 Å². The second kappa shape index (κ2) is 6.97. The van der Waals surface area contributed by atoms with Crippen molar-refractivity contribution in [1.29, 1.82) is 0 Å². The summed E-state index contributed by atoms with van der Waals surface area (Å²) >= 11 is 0. The predicted octanol–water partition coefficient (Wildman–Crippen LogP) is 2.72. The lowest BCUT2D eigenvalue weighted by Crippen LogP contribution is -2.38. The Bertz CT molecular complexity index is 735. The van der Waals surface area contributed by atoms with E-state index < -0.39 is 6.04 Å². The van der Waals surface area contributed by atoms with Gasteiger partial charge >= 0.3 is 0 Å². The molecule has 4 heteroatoms. The topological polar surface area (TPSA) is 49.4 Å². The number of carbonyl (C=O) groups excluding carboxylic acids is 2. The molecule has 1 atom stereocenters. The van der Waals surface area contributed by atoms with E-state index in [1.165, 1.54) is 10.5 Å². The first-order valence-electron chi connectivity index (χ1n) is 8.21. The number of imide groups is 1. The van der Waals surface area contributed by atoms with Crippen molar-refractivity contribution in [3.8, 4) is 0 Å². The summed E-state index contributed by atoms with van der Waals surface area (Å²) in [5.41, 5.74) is 4.45. The maximum absolute atomic E-state index is 12.5. The molecule has 1 saturated heterocycles. The molecule has 1 aliphatic rings. The molecule has 1 N–H and O–H groups in total. The van der Waals surface area contributed by atoms with Crippen LogP contribution in [0.5, 0.6) is 0 Å². The molecular formula is C20H22N2O2. The monoisotopic (exact) mass is 322 g/mol. The van der Waals surface area contributed by atoms with Gasteiger partial charge in [0.15, 0.2) is 0 Å². The van der Waals surface area contributed by atoms with Gasteiger partial charge < -0.3 is 5.32 Å². The number of hydrogen-bond acceptors (Lipinski definition) is 3. The molecule has 2 aromatic rings. The summed E-state index contributed by atoms with van der Waals surface area (Å²) < 4.78 is 0. The summed E-state index contributed by atoms with van der Waals surface area (Å²) in [7, 11) is 0. The van der Waals surface area contributed by atoms with E-state index in [0.29, 0.717) is 13.1 Å². The zero-order valence-corrected chi connectivity index (χ0v) is 14.1. The van der Waals surface area contributed by atoms with Gasteiger partial charge in [0.2, 0.25) is 11.8 Å². The van der Waals surface area contributed by atoms with Crippen molar-refractivity contribution in [2.24, 2.45) is 0 Å².